The Bertz CT molecular complexity index is 550. The van der Waals surface area contributed by atoms with E-state index in [0.29, 0.717) is 6.54 Å². The van der Waals surface area contributed by atoms with Gasteiger partial charge in [0.1, 0.15) is 11.5 Å². The van der Waals surface area contributed by atoms with Crippen molar-refractivity contribution in [3.8, 4) is 11.5 Å². The zero-order chi connectivity index (χ0) is 15.1. The van der Waals surface area contributed by atoms with Gasteiger partial charge in [0.25, 0.3) is 0 Å². The molecular formula is C18H23NO2. The Morgan fingerprint density at radius 1 is 1.05 bits per heavy atom. The van der Waals surface area contributed by atoms with Crippen LogP contribution >= 0.6 is 0 Å². The van der Waals surface area contributed by atoms with Gasteiger partial charge >= 0.3 is 0 Å². The average Bonchev–Trinajstić information content (AvgIpc) is 2.54. The summed E-state index contributed by atoms with van der Waals surface area (Å²) in [5.41, 5.74) is 0.896. The lowest BCUT2D eigenvalue weighted by Crippen LogP contribution is -2.44. The van der Waals surface area contributed by atoms with Gasteiger partial charge in [-0.2, -0.15) is 0 Å². The number of hydrogen-bond acceptors (Lipinski definition) is 3. The fourth-order valence-electron chi connectivity index (χ4n) is 1.95. The van der Waals surface area contributed by atoms with E-state index in [-0.39, 0.29) is 12.1 Å². The summed E-state index contributed by atoms with van der Waals surface area (Å²) < 4.78 is 5.83. The maximum Gasteiger partial charge on any atom is 0.127 e. The van der Waals surface area contributed by atoms with Crippen molar-refractivity contribution < 1.29 is 9.84 Å². The van der Waals surface area contributed by atoms with Crippen molar-refractivity contribution in [3.05, 3.63) is 60.2 Å². The smallest absolute Gasteiger partial charge is 0.127 e. The van der Waals surface area contributed by atoms with Crippen LogP contribution in [-0.2, 0) is 6.54 Å². The highest BCUT2D eigenvalue weighted by Gasteiger charge is 2.19. The lowest BCUT2D eigenvalue weighted by molar-refractivity contribution is 0.169. The lowest BCUT2D eigenvalue weighted by Gasteiger charge is -2.27. The van der Waals surface area contributed by atoms with Gasteiger partial charge in [-0.1, -0.05) is 37.3 Å². The monoisotopic (exact) mass is 285 g/mol. The normalized spacial score (nSPS) is 13.7. The molecule has 0 amide bonds. The van der Waals surface area contributed by atoms with Crippen LogP contribution in [0.1, 0.15) is 25.8 Å². The van der Waals surface area contributed by atoms with Crippen LogP contribution in [0.15, 0.2) is 54.6 Å². The Labute approximate surface area is 126 Å². The molecule has 1 atom stereocenters. The molecule has 0 heterocycles. The second-order valence-corrected chi connectivity index (χ2v) is 5.49. The molecule has 2 rings (SSSR count). The molecule has 0 aliphatic carbocycles. The molecule has 21 heavy (non-hydrogen) atoms. The summed E-state index contributed by atoms with van der Waals surface area (Å²) >= 11 is 0. The van der Waals surface area contributed by atoms with E-state index in [1.54, 1.807) is 0 Å². The number of aliphatic hydroxyl groups is 1. The molecule has 2 aromatic carbocycles. The van der Waals surface area contributed by atoms with Crippen LogP contribution < -0.4 is 10.1 Å². The first-order chi connectivity index (χ1) is 10.1. The summed E-state index contributed by atoms with van der Waals surface area (Å²) in [5.74, 6) is 1.65. The SMILES string of the molecule is CCC(C)(CO)NCc1cccc(Oc2ccccc2)c1. The zero-order valence-corrected chi connectivity index (χ0v) is 12.7. The first kappa shape index (κ1) is 15.5. The lowest BCUT2D eigenvalue weighted by atomic mass is 10.00. The molecule has 0 fully saturated rings. The summed E-state index contributed by atoms with van der Waals surface area (Å²) in [6, 6.07) is 17.7. The minimum Gasteiger partial charge on any atom is -0.457 e. The van der Waals surface area contributed by atoms with E-state index in [0.717, 1.165) is 23.5 Å². The minimum atomic E-state index is -0.240. The maximum atomic E-state index is 9.43. The number of para-hydroxylation sites is 1. The highest BCUT2D eigenvalue weighted by Crippen LogP contribution is 2.22. The van der Waals surface area contributed by atoms with Gasteiger partial charge in [0.15, 0.2) is 0 Å². The highest BCUT2D eigenvalue weighted by atomic mass is 16.5. The third-order valence-electron chi connectivity index (χ3n) is 3.73. The number of nitrogens with one attached hydrogen (secondary N) is 1. The fraction of sp³-hybridized carbons (Fsp3) is 0.333. The minimum absolute atomic E-state index is 0.129. The van der Waals surface area contributed by atoms with Crippen molar-refractivity contribution in [2.24, 2.45) is 0 Å². The summed E-state index contributed by atoms with van der Waals surface area (Å²) in [7, 11) is 0. The number of hydrogen-bond donors (Lipinski definition) is 2. The maximum absolute atomic E-state index is 9.43. The van der Waals surface area contributed by atoms with Crippen LogP contribution in [0.5, 0.6) is 11.5 Å². The highest BCUT2D eigenvalue weighted by molar-refractivity contribution is 5.33. The van der Waals surface area contributed by atoms with E-state index < -0.39 is 0 Å². The van der Waals surface area contributed by atoms with Crippen molar-refractivity contribution in [2.45, 2.75) is 32.4 Å². The van der Waals surface area contributed by atoms with Crippen LogP contribution in [0.3, 0.4) is 0 Å². The van der Waals surface area contributed by atoms with Crippen molar-refractivity contribution in [3.63, 3.8) is 0 Å². The van der Waals surface area contributed by atoms with E-state index in [4.69, 9.17) is 4.74 Å². The zero-order valence-electron chi connectivity index (χ0n) is 12.7. The van der Waals surface area contributed by atoms with Crippen molar-refractivity contribution in [1.82, 2.24) is 5.32 Å². The molecule has 112 valence electrons. The van der Waals surface area contributed by atoms with Crippen LogP contribution in [0, 0.1) is 0 Å². The number of benzene rings is 2. The molecule has 2 N–H and O–H groups in total. The quantitative estimate of drug-likeness (QED) is 0.814. The van der Waals surface area contributed by atoms with Gasteiger partial charge < -0.3 is 15.2 Å². The third-order valence-corrected chi connectivity index (χ3v) is 3.73. The van der Waals surface area contributed by atoms with Gasteiger partial charge in [-0.3, -0.25) is 0 Å². The molecule has 0 aliphatic rings. The molecule has 3 nitrogen and oxygen atoms in total. The van der Waals surface area contributed by atoms with Crippen molar-refractivity contribution in [2.75, 3.05) is 6.61 Å². The van der Waals surface area contributed by atoms with E-state index in [1.165, 1.54) is 0 Å². The molecule has 0 aliphatic heterocycles. The number of ether oxygens (including phenoxy) is 1. The van der Waals surface area contributed by atoms with Crippen molar-refractivity contribution >= 4 is 0 Å². The van der Waals surface area contributed by atoms with Gasteiger partial charge in [0.2, 0.25) is 0 Å². The molecule has 0 saturated carbocycles. The van der Waals surface area contributed by atoms with Gasteiger partial charge in [-0.05, 0) is 43.2 Å². The molecular weight excluding hydrogens is 262 g/mol. The topological polar surface area (TPSA) is 41.5 Å². The molecule has 0 radical (unpaired) electrons. The summed E-state index contributed by atoms with van der Waals surface area (Å²) in [6.45, 7) is 4.93. The number of aliphatic hydroxyl groups excluding tert-OH is 1. The second kappa shape index (κ2) is 7.25. The molecule has 3 heteroatoms. The summed E-state index contributed by atoms with van der Waals surface area (Å²) in [4.78, 5) is 0. The Kier molecular flexibility index (Phi) is 5.37. The average molecular weight is 285 g/mol. The molecule has 0 bridgehead atoms. The predicted octanol–water partition coefficient (Wildman–Crippen LogP) is 3.73. The first-order valence-corrected chi connectivity index (χ1v) is 7.33. The molecule has 0 spiro atoms. The van der Waals surface area contributed by atoms with Crippen LogP contribution in [0.25, 0.3) is 0 Å². The molecule has 0 saturated heterocycles. The third kappa shape index (κ3) is 4.59. The Morgan fingerprint density at radius 2 is 1.76 bits per heavy atom. The fourth-order valence-corrected chi connectivity index (χ4v) is 1.95. The van der Waals surface area contributed by atoms with Crippen LogP contribution in [0.4, 0.5) is 0 Å². The van der Waals surface area contributed by atoms with Crippen LogP contribution in [0.2, 0.25) is 0 Å². The van der Waals surface area contributed by atoms with Gasteiger partial charge in [-0.15, -0.1) is 0 Å². The van der Waals surface area contributed by atoms with E-state index in [2.05, 4.69) is 18.3 Å². The molecule has 2 aromatic rings. The van der Waals surface area contributed by atoms with Gasteiger partial charge in [-0.25, -0.2) is 0 Å². The summed E-state index contributed by atoms with van der Waals surface area (Å²) in [5, 5.41) is 12.8. The van der Waals surface area contributed by atoms with Gasteiger partial charge in [0, 0.05) is 12.1 Å². The molecule has 1 unspecified atom stereocenters. The molecule has 0 aromatic heterocycles. The Balaban J connectivity index is 2.01. The van der Waals surface area contributed by atoms with E-state index in [1.807, 2.05) is 55.5 Å². The van der Waals surface area contributed by atoms with Crippen LogP contribution in [-0.4, -0.2) is 17.3 Å². The van der Waals surface area contributed by atoms with E-state index >= 15 is 0 Å². The number of rotatable bonds is 7. The predicted molar refractivity (Wildman–Crippen MR) is 85.6 cm³/mol. The Hall–Kier alpha value is -1.84. The van der Waals surface area contributed by atoms with Gasteiger partial charge in [0.05, 0.1) is 6.61 Å². The largest absolute Gasteiger partial charge is 0.457 e. The first-order valence-electron chi connectivity index (χ1n) is 7.33. The Morgan fingerprint density at radius 3 is 2.43 bits per heavy atom. The second-order valence-electron chi connectivity index (χ2n) is 5.49. The van der Waals surface area contributed by atoms with Crippen molar-refractivity contribution in [1.29, 1.82) is 0 Å². The standard InChI is InChI=1S/C18H23NO2/c1-3-18(2,14-20)19-13-15-8-7-11-17(12-15)21-16-9-5-4-6-10-16/h4-12,19-20H,3,13-14H2,1-2H3. The van der Waals surface area contributed by atoms with E-state index in [9.17, 15) is 5.11 Å². The summed E-state index contributed by atoms with van der Waals surface area (Å²) in [6.07, 6.45) is 0.879.